The Hall–Kier alpha value is -1.43. The van der Waals surface area contributed by atoms with E-state index in [2.05, 4.69) is 11.8 Å². The van der Waals surface area contributed by atoms with Crippen LogP contribution in [-0.2, 0) is 6.42 Å². The molecule has 14 heavy (non-hydrogen) atoms. The van der Waals surface area contributed by atoms with Crippen molar-refractivity contribution in [2.45, 2.75) is 20.3 Å². The minimum absolute atomic E-state index is 0.123. The largest absolute Gasteiger partial charge is 0.204 e. The lowest BCUT2D eigenvalue weighted by Gasteiger charge is -2.05. The molecule has 0 spiro atoms. The highest BCUT2D eigenvalue weighted by Crippen LogP contribution is 2.19. The molecule has 1 aromatic rings. The van der Waals surface area contributed by atoms with Crippen molar-refractivity contribution in [2.75, 3.05) is 0 Å². The van der Waals surface area contributed by atoms with Crippen LogP contribution in [0.4, 0.5) is 13.2 Å². The first-order chi connectivity index (χ1) is 6.61. The molecule has 74 valence electrons. The second kappa shape index (κ2) is 4.19. The highest BCUT2D eigenvalue weighted by Gasteiger charge is 2.16. The fourth-order valence-electron chi connectivity index (χ4n) is 1.22. The zero-order valence-corrected chi connectivity index (χ0v) is 7.92. The van der Waals surface area contributed by atoms with E-state index in [4.69, 9.17) is 0 Å². The smallest absolute Gasteiger partial charge is 0.194 e. The molecule has 0 heterocycles. The molecule has 1 rings (SSSR count). The Morgan fingerprint density at radius 3 is 2.36 bits per heavy atom. The zero-order valence-electron chi connectivity index (χ0n) is 7.92. The van der Waals surface area contributed by atoms with Gasteiger partial charge in [0, 0.05) is 11.1 Å². The molecule has 0 aliphatic heterocycles. The van der Waals surface area contributed by atoms with Gasteiger partial charge in [0.2, 0.25) is 0 Å². The molecule has 0 saturated carbocycles. The number of halogens is 3. The summed E-state index contributed by atoms with van der Waals surface area (Å²) in [5, 5.41) is 0. The van der Waals surface area contributed by atoms with E-state index in [-0.39, 0.29) is 17.5 Å². The highest BCUT2D eigenvalue weighted by molar-refractivity contribution is 5.42. The lowest BCUT2D eigenvalue weighted by molar-refractivity contribution is 0.441. The lowest BCUT2D eigenvalue weighted by Crippen LogP contribution is -2.00. The van der Waals surface area contributed by atoms with E-state index in [1.807, 2.05) is 0 Å². The van der Waals surface area contributed by atoms with Crippen molar-refractivity contribution in [2.24, 2.45) is 0 Å². The SMILES string of the molecule is CC#Cc1cc(F)c(F)c(F)c1CC. The molecular formula is C11H9F3. The summed E-state index contributed by atoms with van der Waals surface area (Å²) >= 11 is 0. The van der Waals surface area contributed by atoms with Crippen LogP contribution in [-0.4, -0.2) is 0 Å². The van der Waals surface area contributed by atoms with E-state index >= 15 is 0 Å². The van der Waals surface area contributed by atoms with Gasteiger partial charge in [-0.2, -0.15) is 0 Å². The van der Waals surface area contributed by atoms with E-state index in [0.717, 1.165) is 6.07 Å². The number of hydrogen-bond donors (Lipinski definition) is 0. The van der Waals surface area contributed by atoms with E-state index in [1.165, 1.54) is 0 Å². The minimum atomic E-state index is -1.43. The van der Waals surface area contributed by atoms with Gasteiger partial charge in [0.1, 0.15) is 0 Å². The van der Waals surface area contributed by atoms with Crippen LogP contribution in [0.15, 0.2) is 6.07 Å². The Kier molecular flexibility index (Phi) is 3.19. The first kappa shape index (κ1) is 10.6. The summed E-state index contributed by atoms with van der Waals surface area (Å²) in [7, 11) is 0. The van der Waals surface area contributed by atoms with E-state index < -0.39 is 17.5 Å². The predicted octanol–water partition coefficient (Wildman–Crippen LogP) is 3.04. The van der Waals surface area contributed by atoms with Crippen molar-refractivity contribution in [3.05, 3.63) is 34.6 Å². The molecule has 0 radical (unpaired) electrons. The molecule has 0 aromatic heterocycles. The van der Waals surface area contributed by atoms with Gasteiger partial charge < -0.3 is 0 Å². The van der Waals surface area contributed by atoms with Gasteiger partial charge in [0.15, 0.2) is 17.5 Å². The van der Waals surface area contributed by atoms with Crippen LogP contribution in [0.5, 0.6) is 0 Å². The van der Waals surface area contributed by atoms with Gasteiger partial charge in [-0.05, 0) is 19.4 Å². The highest BCUT2D eigenvalue weighted by atomic mass is 19.2. The van der Waals surface area contributed by atoms with E-state index in [1.54, 1.807) is 13.8 Å². The average molecular weight is 198 g/mol. The molecule has 0 amide bonds. The van der Waals surface area contributed by atoms with Gasteiger partial charge in [-0.3, -0.25) is 0 Å². The normalized spacial score (nSPS) is 9.50. The van der Waals surface area contributed by atoms with Crippen LogP contribution >= 0.6 is 0 Å². The molecule has 0 unspecified atom stereocenters. The van der Waals surface area contributed by atoms with Crippen molar-refractivity contribution < 1.29 is 13.2 Å². The maximum Gasteiger partial charge on any atom is 0.194 e. The third kappa shape index (κ3) is 1.74. The van der Waals surface area contributed by atoms with Gasteiger partial charge in [-0.15, -0.1) is 5.92 Å². The summed E-state index contributed by atoms with van der Waals surface area (Å²) in [6, 6.07) is 0.924. The second-order valence-corrected chi connectivity index (χ2v) is 2.74. The topological polar surface area (TPSA) is 0 Å². The Bertz CT molecular complexity index is 411. The van der Waals surface area contributed by atoms with Crippen LogP contribution in [0.25, 0.3) is 0 Å². The summed E-state index contributed by atoms with van der Waals surface area (Å²) in [5.41, 5.74) is 0.338. The third-order valence-corrected chi connectivity index (χ3v) is 1.88. The quantitative estimate of drug-likeness (QED) is 0.480. The Morgan fingerprint density at radius 2 is 1.86 bits per heavy atom. The fraction of sp³-hybridized carbons (Fsp3) is 0.273. The second-order valence-electron chi connectivity index (χ2n) is 2.74. The van der Waals surface area contributed by atoms with Crippen LogP contribution < -0.4 is 0 Å². The maximum atomic E-state index is 13.2. The number of rotatable bonds is 1. The summed E-state index contributed by atoms with van der Waals surface area (Å²) < 4.78 is 38.8. The first-order valence-corrected chi connectivity index (χ1v) is 4.20. The molecule has 0 bridgehead atoms. The average Bonchev–Trinajstić information content (AvgIpc) is 2.16. The lowest BCUT2D eigenvalue weighted by atomic mass is 10.0. The van der Waals surface area contributed by atoms with Crippen molar-refractivity contribution in [1.29, 1.82) is 0 Å². The zero-order chi connectivity index (χ0) is 10.7. The maximum absolute atomic E-state index is 13.2. The Balaban J connectivity index is 3.48. The van der Waals surface area contributed by atoms with Crippen molar-refractivity contribution in [3.63, 3.8) is 0 Å². The van der Waals surface area contributed by atoms with E-state index in [0.29, 0.717) is 0 Å². The monoisotopic (exact) mass is 198 g/mol. The van der Waals surface area contributed by atoms with Crippen LogP contribution in [0.2, 0.25) is 0 Å². The molecular weight excluding hydrogens is 189 g/mol. The van der Waals surface area contributed by atoms with Gasteiger partial charge >= 0.3 is 0 Å². The molecule has 0 fully saturated rings. The first-order valence-electron chi connectivity index (χ1n) is 4.20. The summed E-state index contributed by atoms with van der Waals surface area (Å²) in [6.07, 6.45) is 0.285. The van der Waals surface area contributed by atoms with Crippen molar-refractivity contribution in [3.8, 4) is 11.8 Å². The Morgan fingerprint density at radius 1 is 1.21 bits per heavy atom. The van der Waals surface area contributed by atoms with Gasteiger partial charge in [0.05, 0.1) is 0 Å². The number of hydrogen-bond acceptors (Lipinski definition) is 0. The molecule has 0 nitrogen and oxygen atoms in total. The molecule has 0 atom stereocenters. The van der Waals surface area contributed by atoms with Crippen LogP contribution in [0.1, 0.15) is 25.0 Å². The number of benzene rings is 1. The fourth-order valence-corrected chi connectivity index (χ4v) is 1.22. The minimum Gasteiger partial charge on any atom is -0.204 e. The molecule has 3 heteroatoms. The van der Waals surface area contributed by atoms with Crippen LogP contribution in [0.3, 0.4) is 0 Å². The molecule has 1 aromatic carbocycles. The van der Waals surface area contributed by atoms with Gasteiger partial charge in [-0.1, -0.05) is 12.8 Å². The Labute approximate surface area is 80.8 Å². The van der Waals surface area contributed by atoms with Gasteiger partial charge in [-0.25, -0.2) is 13.2 Å². The predicted molar refractivity (Wildman–Crippen MR) is 48.2 cm³/mol. The van der Waals surface area contributed by atoms with Crippen molar-refractivity contribution in [1.82, 2.24) is 0 Å². The molecule has 0 N–H and O–H groups in total. The standard InChI is InChI=1S/C11H9F3/c1-3-5-7-6-9(12)11(14)10(13)8(7)4-2/h6H,4H2,1-2H3. The summed E-state index contributed by atoms with van der Waals surface area (Å²) in [6.45, 7) is 3.22. The summed E-state index contributed by atoms with van der Waals surface area (Å²) in [5.74, 6) is 1.31. The molecule has 0 aliphatic rings. The molecule has 0 aliphatic carbocycles. The van der Waals surface area contributed by atoms with Crippen molar-refractivity contribution >= 4 is 0 Å². The summed E-state index contributed by atoms with van der Waals surface area (Å²) in [4.78, 5) is 0. The van der Waals surface area contributed by atoms with Crippen LogP contribution in [0, 0.1) is 29.3 Å². The molecule has 0 saturated heterocycles. The van der Waals surface area contributed by atoms with E-state index in [9.17, 15) is 13.2 Å². The van der Waals surface area contributed by atoms with Gasteiger partial charge in [0.25, 0.3) is 0 Å². The third-order valence-electron chi connectivity index (χ3n) is 1.88.